The summed E-state index contributed by atoms with van der Waals surface area (Å²) in [4.78, 5) is 15.7. The van der Waals surface area contributed by atoms with E-state index >= 15 is 0 Å². The molecular weight excluding hydrogens is 332 g/mol. The molecule has 0 radical (unpaired) electrons. The highest BCUT2D eigenvalue weighted by Gasteiger charge is 2.54. The molecule has 21 heavy (non-hydrogen) atoms. The first-order valence-corrected chi connectivity index (χ1v) is 8.12. The molecule has 0 amide bonds. The van der Waals surface area contributed by atoms with E-state index in [2.05, 4.69) is 42.7 Å². The Morgan fingerprint density at radius 2 is 2.19 bits per heavy atom. The Balaban J connectivity index is 1.62. The van der Waals surface area contributed by atoms with E-state index in [9.17, 15) is 0 Å². The topological polar surface area (TPSA) is 50.1 Å². The summed E-state index contributed by atoms with van der Waals surface area (Å²) < 4.78 is 7.16. The molecule has 4 aliphatic heterocycles. The Labute approximate surface area is 132 Å². The summed E-state index contributed by atoms with van der Waals surface area (Å²) in [6.45, 7) is 5.38. The second kappa shape index (κ2) is 4.88. The van der Waals surface area contributed by atoms with E-state index in [1.807, 2.05) is 12.1 Å². The molecule has 1 aromatic heterocycles. The molecule has 0 aliphatic carbocycles. The van der Waals surface area contributed by atoms with Crippen molar-refractivity contribution in [3.8, 4) is 0 Å². The van der Waals surface area contributed by atoms with Crippen LogP contribution in [0.3, 0.4) is 0 Å². The van der Waals surface area contributed by atoms with Crippen molar-refractivity contribution in [2.45, 2.75) is 25.4 Å². The SMILES string of the molecule is CC1=NC(=Nc2ccc(Br)cn2)OC12CN1CCC2CC1. The van der Waals surface area contributed by atoms with Crippen LogP contribution in [0.15, 0.2) is 32.8 Å². The van der Waals surface area contributed by atoms with E-state index in [0.29, 0.717) is 17.8 Å². The Morgan fingerprint density at radius 1 is 1.38 bits per heavy atom. The van der Waals surface area contributed by atoms with Gasteiger partial charge in [-0.3, -0.25) is 4.90 Å². The molecule has 0 N–H and O–H groups in total. The molecule has 0 saturated carbocycles. The zero-order valence-electron chi connectivity index (χ0n) is 11.9. The Morgan fingerprint density at radius 3 is 2.81 bits per heavy atom. The van der Waals surface area contributed by atoms with Crippen LogP contribution in [0.4, 0.5) is 5.82 Å². The van der Waals surface area contributed by atoms with Gasteiger partial charge in [0.05, 0.1) is 5.71 Å². The van der Waals surface area contributed by atoms with Gasteiger partial charge >= 0.3 is 6.02 Å². The van der Waals surface area contributed by atoms with Crippen LogP contribution in [0.5, 0.6) is 0 Å². The van der Waals surface area contributed by atoms with Crippen molar-refractivity contribution in [1.82, 2.24) is 9.88 Å². The highest BCUT2D eigenvalue weighted by molar-refractivity contribution is 9.10. The number of aliphatic imine (C=N–C) groups is 2. The second-order valence-corrected chi connectivity index (χ2v) is 6.88. The third-order valence-electron chi connectivity index (χ3n) is 4.78. The number of ether oxygens (including phenoxy) is 1. The normalized spacial score (nSPS) is 36.1. The molecule has 2 bridgehead atoms. The van der Waals surface area contributed by atoms with Gasteiger partial charge in [-0.2, -0.15) is 4.99 Å². The Kier molecular flexibility index (Phi) is 3.11. The predicted molar refractivity (Wildman–Crippen MR) is 85.1 cm³/mol. The molecule has 1 aromatic rings. The van der Waals surface area contributed by atoms with Gasteiger partial charge in [-0.15, -0.1) is 0 Å². The van der Waals surface area contributed by atoms with Crippen molar-refractivity contribution in [3.63, 3.8) is 0 Å². The molecule has 1 unspecified atom stereocenters. The predicted octanol–water partition coefficient (Wildman–Crippen LogP) is 2.79. The minimum atomic E-state index is -0.245. The lowest BCUT2D eigenvalue weighted by atomic mass is 9.73. The van der Waals surface area contributed by atoms with Crippen LogP contribution in [0.25, 0.3) is 0 Å². The van der Waals surface area contributed by atoms with Gasteiger partial charge in [0.2, 0.25) is 0 Å². The standard InChI is InChI=1S/C15H17BrN4O/c1-10-15(9-20-6-4-11(15)5-7-20)21-14(18-10)19-13-3-2-12(16)8-17-13/h2-3,8,11H,4-7,9H2,1H3. The molecule has 5 heterocycles. The van der Waals surface area contributed by atoms with Crippen LogP contribution in [-0.2, 0) is 4.74 Å². The highest BCUT2D eigenvalue weighted by atomic mass is 79.9. The number of rotatable bonds is 1. The molecule has 3 fully saturated rings. The largest absolute Gasteiger partial charge is 0.449 e. The first kappa shape index (κ1) is 13.4. The fourth-order valence-corrected chi connectivity index (χ4v) is 3.86. The number of pyridine rings is 1. The average Bonchev–Trinajstić information content (AvgIpc) is 2.78. The molecule has 110 valence electrons. The molecule has 4 aliphatic rings. The number of nitrogens with zero attached hydrogens (tertiary/aromatic N) is 4. The fourth-order valence-electron chi connectivity index (χ4n) is 3.62. The van der Waals surface area contributed by atoms with Gasteiger partial charge in [0.15, 0.2) is 11.4 Å². The maximum Gasteiger partial charge on any atom is 0.319 e. The number of aromatic nitrogens is 1. The molecule has 1 atom stereocenters. The van der Waals surface area contributed by atoms with E-state index in [4.69, 9.17) is 4.74 Å². The fraction of sp³-hybridized carbons (Fsp3) is 0.533. The first-order valence-electron chi connectivity index (χ1n) is 7.33. The van der Waals surface area contributed by atoms with Crippen molar-refractivity contribution in [1.29, 1.82) is 0 Å². The third-order valence-corrected chi connectivity index (χ3v) is 5.25. The summed E-state index contributed by atoms with van der Waals surface area (Å²) in [6.07, 6.45) is 4.11. The zero-order valence-corrected chi connectivity index (χ0v) is 13.5. The number of hydrogen-bond acceptors (Lipinski definition) is 4. The van der Waals surface area contributed by atoms with Crippen LogP contribution in [0.2, 0.25) is 0 Å². The zero-order chi connectivity index (χ0) is 14.4. The number of halogens is 1. The van der Waals surface area contributed by atoms with Gasteiger partial charge in [0, 0.05) is 23.1 Å². The van der Waals surface area contributed by atoms with Crippen molar-refractivity contribution >= 4 is 33.5 Å². The van der Waals surface area contributed by atoms with E-state index in [1.165, 1.54) is 25.9 Å². The van der Waals surface area contributed by atoms with Crippen molar-refractivity contribution in [3.05, 3.63) is 22.8 Å². The molecule has 6 heteroatoms. The summed E-state index contributed by atoms with van der Waals surface area (Å²) >= 11 is 3.37. The van der Waals surface area contributed by atoms with Crippen LogP contribution in [0, 0.1) is 5.92 Å². The third kappa shape index (κ3) is 2.21. The molecule has 1 spiro atoms. The summed E-state index contributed by atoms with van der Waals surface area (Å²) in [7, 11) is 0. The van der Waals surface area contributed by atoms with Crippen molar-refractivity contribution < 1.29 is 4.74 Å². The maximum absolute atomic E-state index is 6.22. The molecule has 5 nitrogen and oxygen atoms in total. The average molecular weight is 349 g/mol. The van der Waals surface area contributed by atoms with Crippen molar-refractivity contribution in [2.75, 3.05) is 19.6 Å². The van der Waals surface area contributed by atoms with Crippen LogP contribution < -0.4 is 0 Å². The molecule has 5 rings (SSSR count). The second-order valence-electron chi connectivity index (χ2n) is 5.97. The van der Waals surface area contributed by atoms with E-state index in [1.54, 1.807) is 6.20 Å². The Bertz CT molecular complexity index is 619. The molecule has 3 saturated heterocycles. The lowest BCUT2D eigenvalue weighted by molar-refractivity contribution is -0.0497. The minimum Gasteiger partial charge on any atom is -0.449 e. The molecular formula is C15H17BrN4O. The first-order chi connectivity index (χ1) is 10.2. The van der Waals surface area contributed by atoms with Gasteiger partial charge in [-0.25, -0.2) is 9.98 Å². The lowest BCUT2D eigenvalue weighted by Gasteiger charge is -2.50. The summed E-state index contributed by atoms with van der Waals surface area (Å²) in [5.41, 5.74) is 0.817. The number of amidine groups is 1. The van der Waals surface area contributed by atoms with E-state index in [-0.39, 0.29) is 5.60 Å². The number of hydrogen-bond donors (Lipinski definition) is 0. The van der Waals surface area contributed by atoms with Crippen LogP contribution in [-0.4, -0.2) is 46.9 Å². The maximum atomic E-state index is 6.22. The monoisotopic (exact) mass is 348 g/mol. The number of piperidine rings is 3. The summed E-state index contributed by atoms with van der Waals surface area (Å²) in [6, 6.07) is 4.23. The van der Waals surface area contributed by atoms with Crippen LogP contribution in [0.1, 0.15) is 19.8 Å². The van der Waals surface area contributed by atoms with Gasteiger partial charge in [-0.05, 0) is 60.9 Å². The summed E-state index contributed by atoms with van der Waals surface area (Å²) in [5.74, 6) is 1.19. The van der Waals surface area contributed by atoms with Crippen LogP contribution >= 0.6 is 15.9 Å². The summed E-state index contributed by atoms with van der Waals surface area (Å²) in [5, 5.41) is 0. The molecule has 0 aromatic carbocycles. The highest BCUT2D eigenvalue weighted by Crippen LogP contribution is 2.42. The van der Waals surface area contributed by atoms with Gasteiger partial charge in [0.1, 0.15) is 0 Å². The quantitative estimate of drug-likeness (QED) is 0.783. The van der Waals surface area contributed by atoms with E-state index in [0.717, 1.165) is 16.7 Å². The van der Waals surface area contributed by atoms with Crippen molar-refractivity contribution in [2.24, 2.45) is 15.9 Å². The number of fused-ring (bicyclic) bond motifs is 2. The van der Waals surface area contributed by atoms with Gasteiger partial charge < -0.3 is 4.74 Å². The van der Waals surface area contributed by atoms with Gasteiger partial charge in [-0.1, -0.05) is 0 Å². The van der Waals surface area contributed by atoms with E-state index < -0.39 is 0 Å². The minimum absolute atomic E-state index is 0.245. The smallest absolute Gasteiger partial charge is 0.319 e. The lowest BCUT2D eigenvalue weighted by Crippen LogP contribution is -2.62. The Hall–Kier alpha value is -1.27. The van der Waals surface area contributed by atoms with Gasteiger partial charge in [0.25, 0.3) is 0 Å².